The second kappa shape index (κ2) is 5.86. The highest BCUT2D eigenvalue weighted by atomic mass is 15.2. The van der Waals surface area contributed by atoms with Crippen molar-refractivity contribution in [1.82, 2.24) is 4.90 Å². The molecular weight excluding hydrogens is 184 g/mol. The molecule has 0 aromatic carbocycles. The van der Waals surface area contributed by atoms with Gasteiger partial charge in [-0.25, -0.2) is 0 Å². The van der Waals surface area contributed by atoms with Crippen LogP contribution in [-0.2, 0) is 0 Å². The number of nitrogens with zero attached hydrogens (tertiary/aromatic N) is 1. The molecule has 0 aromatic heterocycles. The van der Waals surface area contributed by atoms with Crippen molar-refractivity contribution >= 4 is 0 Å². The summed E-state index contributed by atoms with van der Waals surface area (Å²) in [5.41, 5.74) is 5.94. The standard InChI is InChI=1S/C13H28N2/c1-5-12-7-6-11(4)15(12)13(9-14)8-10(2)3/h10-13H,5-9,14H2,1-4H3. The van der Waals surface area contributed by atoms with Gasteiger partial charge in [0.15, 0.2) is 0 Å². The highest BCUT2D eigenvalue weighted by Gasteiger charge is 2.34. The summed E-state index contributed by atoms with van der Waals surface area (Å²) in [6.45, 7) is 10.1. The Hall–Kier alpha value is -0.0800. The van der Waals surface area contributed by atoms with Crippen molar-refractivity contribution < 1.29 is 0 Å². The molecule has 1 heterocycles. The van der Waals surface area contributed by atoms with E-state index in [1.54, 1.807) is 0 Å². The third-order valence-corrected chi connectivity index (χ3v) is 3.76. The third-order valence-electron chi connectivity index (χ3n) is 3.76. The predicted molar refractivity (Wildman–Crippen MR) is 66.9 cm³/mol. The second-order valence-corrected chi connectivity index (χ2v) is 5.45. The summed E-state index contributed by atoms with van der Waals surface area (Å²) in [5, 5.41) is 0. The fraction of sp³-hybridized carbons (Fsp3) is 1.00. The minimum atomic E-state index is 0.604. The summed E-state index contributed by atoms with van der Waals surface area (Å²) in [4.78, 5) is 2.69. The Labute approximate surface area is 95.2 Å². The van der Waals surface area contributed by atoms with Crippen molar-refractivity contribution in [2.45, 2.75) is 71.5 Å². The van der Waals surface area contributed by atoms with Crippen molar-refractivity contribution in [3.8, 4) is 0 Å². The molecule has 2 nitrogen and oxygen atoms in total. The molecule has 0 radical (unpaired) electrons. The van der Waals surface area contributed by atoms with Gasteiger partial charge in [0.25, 0.3) is 0 Å². The van der Waals surface area contributed by atoms with Crippen LogP contribution in [0.4, 0.5) is 0 Å². The van der Waals surface area contributed by atoms with Crippen LogP contribution in [0.3, 0.4) is 0 Å². The molecule has 1 fully saturated rings. The largest absolute Gasteiger partial charge is 0.329 e. The third kappa shape index (κ3) is 3.18. The van der Waals surface area contributed by atoms with Crippen molar-refractivity contribution in [3.05, 3.63) is 0 Å². The quantitative estimate of drug-likeness (QED) is 0.759. The molecule has 1 aliphatic rings. The molecule has 0 aromatic rings. The van der Waals surface area contributed by atoms with Gasteiger partial charge >= 0.3 is 0 Å². The molecule has 1 rings (SSSR count). The molecule has 1 saturated heterocycles. The van der Waals surface area contributed by atoms with Gasteiger partial charge in [0, 0.05) is 24.7 Å². The number of nitrogens with two attached hydrogens (primary N) is 1. The van der Waals surface area contributed by atoms with Crippen LogP contribution in [-0.4, -0.2) is 29.6 Å². The van der Waals surface area contributed by atoms with E-state index in [0.717, 1.165) is 24.5 Å². The summed E-state index contributed by atoms with van der Waals surface area (Å²) < 4.78 is 0. The number of hydrogen-bond acceptors (Lipinski definition) is 2. The van der Waals surface area contributed by atoms with E-state index in [9.17, 15) is 0 Å². The maximum absolute atomic E-state index is 5.94. The molecule has 2 N–H and O–H groups in total. The van der Waals surface area contributed by atoms with Crippen molar-refractivity contribution in [2.75, 3.05) is 6.54 Å². The van der Waals surface area contributed by atoms with E-state index < -0.39 is 0 Å². The zero-order chi connectivity index (χ0) is 11.4. The predicted octanol–water partition coefficient (Wildman–Crippen LogP) is 2.62. The SMILES string of the molecule is CCC1CCC(C)N1C(CN)CC(C)C. The zero-order valence-corrected chi connectivity index (χ0v) is 10.9. The van der Waals surface area contributed by atoms with Gasteiger partial charge in [0.2, 0.25) is 0 Å². The Morgan fingerprint density at radius 3 is 2.47 bits per heavy atom. The van der Waals surface area contributed by atoms with Gasteiger partial charge < -0.3 is 5.73 Å². The Kier molecular flexibility index (Phi) is 5.07. The summed E-state index contributed by atoms with van der Waals surface area (Å²) >= 11 is 0. The lowest BCUT2D eigenvalue weighted by atomic mass is 10.0. The summed E-state index contributed by atoms with van der Waals surface area (Å²) in [6.07, 6.45) is 5.25. The smallest absolute Gasteiger partial charge is 0.0226 e. The first-order valence-electron chi connectivity index (χ1n) is 6.57. The lowest BCUT2D eigenvalue weighted by Gasteiger charge is -2.36. The molecule has 90 valence electrons. The fourth-order valence-corrected chi connectivity index (χ4v) is 3.05. The van der Waals surface area contributed by atoms with E-state index in [0.29, 0.717) is 6.04 Å². The molecule has 3 atom stereocenters. The number of hydrogen-bond donors (Lipinski definition) is 1. The van der Waals surface area contributed by atoms with Crippen LogP contribution in [0.25, 0.3) is 0 Å². The van der Waals surface area contributed by atoms with Crippen LogP contribution in [0, 0.1) is 5.92 Å². The minimum Gasteiger partial charge on any atom is -0.329 e. The van der Waals surface area contributed by atoms with E-state index in [-0.39, 0.29) is 0 Å². The minimum absolute atomic E-state index is 0.604. The summed E-state index contributed by atoms with van der Waals surface area (Å²) in [7, 11) is 0. The van der Waals surface area contributed by atoms with Gasteiger partial charge in [0.1, 0.15) is 0 Å². The number of likely N-dealkylation sites (tertiary alicyclic amines) is 1. The topological polar surface area (TPSA) is 29.3 Å². The molecule has 0 aliphatic carbocycles. The average molecular weight is 212 g/mol. The molecule has 2 heteroatoms. The molecule has 0 spiro atoms. The van der Waals surface area contributed by atoms with Gasteiger partial charge in [-0.2, -0.15) is 0 Å². The van der Waals surface area contributed by atoms with E-state index >= 15 is 0 Å². The van der Waals surface area contributed by atoms with E-state index in [1.807, 2.05) is 0 Å². The normalized spacial score (nSPS) is 30.0. The maximum atomic E-state index is 5.94. The van der Waals surface area contributed by atoms with Crippen LogP contribution in [0.15, 0.2) is 0 Å². The van der Waals surface area contributed by atoms with Gasteiger partial charge in [-0.1, -0.05) is 20.8 Å². The van der Waals surface area contributed by atoms with E-state index in [1.165, 1.54) is 25.7 Å². The molecule has 0 bridgehead atoms. The Morgan fingerprint density at radius 1 is 1.33 bits per heavy atom. The van der Waals surface area contributed by atoms with Crippen molar-refractivity contribution in [1.29, 1.82) is 0 Å². The van der Waals surface area contributed by atoms with Crippen LogP contribution < -0.4 is 5.73 Å². The highest BCUT2D eigenvalue weighted by Crippen LogP contribution is 2.29. The molecule has 3 unspecified atom stereocenters. The van der Waals surface area contributed by atoms with Crippen LogP contribution in [0.2, 0.25) is 0 Å². The highest BCUT2D eigenvalue weighted by molar-refractivity contribution is 4.90. The van der Waals surface area contributed by atoms with Gasteiger partial charge in [-0.05, 0) is 38.5 Å². The van der Waals surface area contributed by atoms with Gasteiger partial charge in [0.05, 0.1) is 0 Å². The lowest BCUT2D eigenvalue weighted by Crippen LogP contribution is -2.47. The first-order valence-corrected chi connectivity index (χ1v) is 6.57. The fourth-order valence-electron chi connectivity index (χ4n) is 3.05. The molecule has 0 saturated carbocycles. The monoisotopic (exact) mass is 212 g/mol. The van der Waals surface area contributed by atoms with Crippen LogP contribution >= 0.6 is 0 Å². The Bertz CT molecular complexity index is 179. The first-order chi connectivity index (χ1) is 7.10. The lowest BCUT2D eigenvalue weighted by molar-refractivity contribution is 0.120. The van der Waals surface area contributed by atoms with Crippen molar-refractivity contribution in [2.24, 2.45) is 11.7 Å². The number of rotatable bonds is 5. The maximum Gasteiger partial charge on any atom is 0.0226 e. The van der Waals surface area contributed by atoms with Gasteiger partial charge in [-0.15, -0.1) is 0 Å². The zero-order valence-electron chi connectivity index (χ0n) is 10.9. The molecule has 15 heavy (non-hydrogen) atoms. The average Bonchev–Trinajstić information content (AvgIpc) is 2.56. The molecule has 0 amide bonds. The molecule has 1 aliphatic heterocycles. The molecular formula is C13H28N2. The second-order valence-electron chi connectivity index (χ2n) is 5.45. The van der Waals surface area contributed by atoms with Gasteiger partial charge in [-0.3, -0.25) is 4.90 Å². The summed E-state index contributed by atoms with van der Waals surface area (Å²) in [5.74, 6) is 0.754. The van der Waals surface area contributed by atoms with Crippen LogP contribution in [0.1, 0.15) is 53.4 Å². The van der Waals surface area contributed by atoms with Crippen molar-refractivity contribution in [3.63, 3.8) is 0 Å². The van der Waals surface area contributed by atoms with Crippen LogP contribution in [0.5, 0.6) is 0 Å². The van der Waals surface area contributed by atoms with E-state index in [2.05, 4.69) is 32.6 Å². The van der Waals surface area contributed by atoms with E-state index in [4.69, 9.17) is 5.73 Å². The summed E-state index contributed by atoms with van der Waals surface area (Å²) in [6, 6.07) is 2.13. The Balaban J connectivity index is 2.63. The Morgan fingerprint density at radius 2 is 2.00 bits per heavy atom. The first kappa shape index (κ1) is 13.0.